The van der Waals surface area contributed by atoms with E-state index in [9.17, 15) is 4.79 Å². The van der Waals surface area contributed by atoms with Crippen LogP contribution in [0.4, 0.5) is 0 Å². The highest BCUT2D eigenvalue weighted by Gasteiger charge is 2.11. The van der Waals surface area contributed by atoms with Gasteiger partial charge in [-0.25, -0.2) is 4.98 Å². The van der Waals surface area contributed by atoms with Crippen LogP contribution in [-0.2, 0) is 17.8 Å². The number of amides is 1. The second-order valence-corrected chi connectivity index (χ2v) is 4.91. The highest BCUT2D eigenvalue weighted by Crippen LogP contribution is 2.19. The van der Waals surface area contributed by atoms with Gasteiger partial charge in [0.15, 0.2) is 0 Å². The van der Waals surface area contributed by atoms with Gasteiger partial charge in [0.2, 0.25) is 5.91 Å². The number of imidazole rings is 1. The number of carbonyl (C=O) groups excluding carboxylic acids is 1. The first kappa shape index (κ1) is 13.9. The lowest BCUT2D eigenvalue weighted by Gasteiger charge is -2.08. The molecule has 4 nitrogen and oxygen atoms in total. The number of fused-ring (bicyclic) bond motifs is 1. The molecule has 0 atom stereocenters. The first-order valence-electron chi connectivity index (χ1n) is 6.38. The van der Waals surface area contributed by atoms with Gasteiger partial charge in [-0.05, 0) is 24.6 Å². The van der Waals surface area contributed by atoms with E-state index in [0.29, 0.717) is 25.3 Å². The molecule has 5 heteroatoms. The lowest BCUT2D eigenvalue weighted by molar-refractivity contribution is -0.120. The van der Waals surface area contributed by atoms with Crippen molar-refractivity contribution in [3.63, 3.8) is 0 Å². The summed E-state index contributed by atoms with van der Waals surface area (Å²) in [6.07, 6.45) is 1.16. The van der Waals surface area contributed by atoms with Gasteiger partial charge in [-0.15, -0.1) is 11.6 Å². The van der Waals surface area contributed by atoms with Crippen LogP contribution in [0.25, 0.3) is 11.0 Å². The lowest BCUT2D eigenvalue weighted by atomic mass is 10.2. The standard InChI is InChI=1S/C14H18ClN3O/c1-10-3-4-11-12(9-10)18(8-6-14(19)16-2)13(17-11)5-7-15/h3-4,9H,5-8H2,1-2H3,(H,16,19). The number of carbonyl (C=O) groups is 1. The molecule has 0 aliphatic heterocycles. The molecule has 0 unspecified atom stereocenters. The molecule has 1 aromatic heterocycles. The lowest BCUT2D eigenvalue weighted by Crippen LogP contribution is -2.20. The van der Waals surface area contributed by atoms with Gasteiger partial charge in [0, 0.05) is 32.3 Å². The number of nitrogens with one attached hydrogen (secondary N) is 1. The zero-order chi connectivity index (χ0) is 13.8. The molecule has 0 aliphatic carbocycles. The van der Waals surface area contributed by atoms with Crippen molar-refractivity contribution in [1.29, 1.82) is 0 Å². The molecule has 0 bridgehead atoms. The molecule has 0 saturated carbocycles. The number of hydrogen-bond acceptors (Lipinski definition) is 2. The summed E-state index contributed by atoms with van der Waals surface area (Å²) < 4.78 is 2.10. The second-order valence-electron chi connectivity index (χ2n) is 4.53. The van der Waals surface area contributed by atoms with Crippen LogP contribution >= 0.6 is 11.6 Å². The third-order valence-corrected chi connectivity index (χ3v) is 3.33. The molecule has 2 aromatic rings. The predicted octanol–water partition coefficient (Wildman–Crippen LogP) is 2.26. The molecule has 1 amide bonds. The highest BCUT2D eigenvalue weighted by atomic mass is 35.5. The summed E-state index contributed by atoms with van der Waals surface area (Å²) >= 11 is 5.82. The van der Waals surface area contributed by atoms with Crippen LogP contribution < -0.4 is 5.32 Å². The van der Waals surface area contributed by atoms with Gasteiger partial charge in [0.25, 0.3) is 0 Å². The van der Waals surface area contributed by atoms with E-state index < -0.39 is 0 Å². The maximum absolute atomic E-state index is 11.4. The van der Waals surface area contributed by atoms with Crippen LogP contribution in [0.5, 0.6) is 0 Å². The van der Waals surface area contributed by atoms with Crippen molar-refractivity contribution >= 4 is 28.5 Å². The van der Waals surface area contributed by atoms with Crippen LogP contribution in [0.3, 0.4) is 0 Å². The Balaban J connectivity index is 2.38. The molecular weight excluding hydrogens is 262 g/mol. The van der Waals surface area contributed by atoms with E-state index in [1.807, 2.05) is 12.1 Å². The van der Waals surface area contributed by atoms with E-state index in [4.69, 9.17) is 11.6 Å². The summed E-state index contributed by atoms with van der Waals surface area (Å²) in [6.45, 7) is 2.68. The molecule has 0 spiro atoms. The molecule has 0 aliphatic rings. The zero-order valence-electron chi connectivity index (χ0n) is 11.2. The summed E-state index contributed by atoms with van der Waals surface area (Å²) in [7, 11) is 1.65. The van der Waals surface area contributed by atoms with Gasteiger partial charge in [-0.1, -0.05) is 6.07 Å². The average Bonchev–Trinajstić information content (AvgIpc) is 2.73. The minimum atomic E-state index is 0.0336. The third-order valence-electron chi connectivity index (χ3n) is 3.14. The van der Waals surface area contributed by atoms with E-state index in [-0.39, 0.29) is 5.91 Å². The Bertz CT molecular complexity index is 592. The van der Waals surface area contributed by atoms with Crippen molar-refractivity contribution in [3.05, 3.63) is 29.6 Å². The van der Waals surface area contributed by atoms with Crippen molar-refractivity contribution in [3.8, 4) is 0 Å². The maximum Gasteiger partial charge on any atom is 0.221 e. The van der Waals surface area contributed by atoms with Crippen LogP contribution in [0, 0.1) is 6.92 Å². The first-order chi connectivity index (χ1) is 9.15. The summed E-state index contributed by atoms with van der Waals surface area (Å²) in [6, 6.07) is 6.16. The van der Waals surface area contributed by atoms with Crippen molar-refractivity contribution < 1.29 is 4.79 Å². The fourth-order valence-electron chi connectivity index (χ4n) is 2.15. The van der Waals surface area contributed by atoms with Gasteiger partial charge >= 0.3 is 0 Å². The Labute approximate surface area is 117 Å². The minimum Gasteiger partial charge on any atom is -0.359 e. The van der Waals surface area contributed by atoms with Gasteiger partial charge in [0.05, 0.1) is 11.0 Å². The van der Waals surface area contributed by atoms with Crippen LogP contribution in [-0.4, -0.2) is 28.4 Å². The molecule has 1 aromatic carbocycles. The Morgan fingerprint density at radius 1 is 1.47 bits per heavy atom. The van der Waals surface area contributed by atoms with Gasteiger partial charge in [0.1, 0.15) is 5.82 Å². The quantitative estimate of drug-likeness (QED) is 0.854. The zero-order valence-corrected chi connectivity index (χ0v) is 12.0. The number of aryl methyl sites for hydroxylation is 3. The third kappa shape index (κ3) is 3.07. The Kier molecular flexibility index (Phi) is 4.43. The average molecular weight is 280 g/mol. The smallest absolute Gasteiger partial charge is 0.221 e. The summed E-state index contributed by atoms with van der Waals surface area (Å²) in [5.41, 5.74) is 3.22. The largest absolute Gasteiger partial charge is 0.359 e. The summed E-state index contributed by atoms with van der Waals surface area (Å²) in [5, 5.41) is 2.64. The maximum atomic E-state index is 11.4. The van der Waals surface area contributed by atoms with Crippen LogP contribution in [0.1, 0.15) is 17.8 Å². The van der Waals surface area contributed by atoms with Gasteiger partial charge in [-0.2, -0.15) is 0 Å². The van der Waals surface area contributed by atoms with E-state index in [0.717, 1.165) is 16.9 Å². The van der Waals surface area contributed by atoms with E-state index in [2.05, 4.69) is 27.9 Å². The number of alkyl halides is 1. The molecule has 0 saturated heterocycles. The molecule has 1 heterocycles. The number of rotatable bonds is 5. The van der Waals surface area contributed by atoms with Gasteiger partial charge < -0.3 is 9.88 Å². The fourth-order valence-corrected chi connectivity index (χ4v) is 2.31. The topological polar surface area (TPSA) is 46.9 Å². The SMILES string of the molecule is CNC(=O)CCn1c(CCCl)nc2ccc(C)cc21. The minimum absolute atomic E-state index is 0.0336. The van der Waals surface area contributed by atoms with Crippen molar-refractivity contribution in [2.24, 2.45) is 0 Å². The van der Waals surface area contributed by atoms with Crippen molar-refractivity contribution in [2.45, 2.75) is 26.3 Å². The fraction of sp³-hybridized carbons (Fsp3) is 0.429. The number of hydrogen-bond donors (Lipinski definition) is 1. The van der Waals surface area contributed by atoms with E-state index in [1.54, 1.807) is 7.05 Å². The summed E-state index contributed by atoms with van der Waals surface area (Å²) in [4.78, 5) is 16.0. The Hall–Kier alpha value is -1.55. The van der Waals surface area contributed by atoms with Crippen LogP contribution in [0.2, 0.25) is 0 Å². The molecule has 1 N–H and O–H groups in total. The Morgan fingerprint density at radius 2 is 2.26 bits per heavy atom. The van der Waals surface area contributed by atoms with Gasteiger partial charge in [-0.3, -0.25) is 4.79 Å². The first-order valence-corrected chi connectivity index (χ1v) is 6.91. The number of nitrogens with zero attached hydrogens (tertiary/aromatic N) is 2. The van der Waals surface area contributed by atoms with Crippen molar-refractivity contribution in [2.75, 3.05) is 12.9 Å². The molecule has 102 valence electrons. The van der Waals surface area contributed by atoms with E-state index in [1.165, 1.54) is 5.56 Å². The second kappa shape index (κ2) is 6.06. The molecule has 19 heavy (non-hydrogen) atoms. The van der Waals surface area contributed by atoms with Crippen LogP contribution in [0.15, 0.2) is 18.2 Å². The van der Waals surface area contributed by atoms with Crippen molar-refractivity contribution in [1.82, 2.24) is 14.9 Å². The number of halogens is 1. The predicted molar refractivity (Wildman–Crippen MR) is 77.6 cm³/mol. The Morgan fingerprint density at radius 3 is 2.95 bits per heavy atom. The van der Waals surface area contributed by atoms with E-state index >= 15 is 0 Å². The molecule has 0 radical (unpaired) electrons. The molecular formula is C14H18ClN3O. The summed E-state index contributed by atoms with van der Waals surface area (Å²) in [5.74, 6) is 1.51. The molecule has 2 rings (SSSR count). The molecule has 0 fully saturated rings. The highest BCUT2D eigenvalue weighted by molar-refractivity contribution is 6.17. The number of benzene rings is 1. The monoisotopic (exact) mass is 279 g/mol. The number of aromatic nitrogens is 2. The normalized spacial score (nSPS) is 10.9.